The summed E-state index contributed by atoms with van der Waals surface area (Å²) in [6.07, 6.45) is 3.99. The van der Waals surface area contributed by atoms with Crippen LogP contribution in [0, 0.1) is 11.8 Å². The molecular weight excluding hydrogens is 172 g/mol. The molecule has 2 nitrogen and oxygen atoms in total. The third kappa shape index (κ3) is 3.97. The van der Waals surface area contributed by atoms with Crippen LogP contribution in [0.5, 0.6) is 0 Å². The van der Waals surface area contributed by atoms with E-state index in [0.717, 1.165) is 11.8 Å². The van der Waals surface area contributed by atoms with Crippen LogP contribution in [0.15, 0.2) is 0 Å². The van der Waals surface area contributed by atoms with Gasteiger partial charge in [-0.15, -0.1) is 0 Å². The van der Waals surface area contributed by atoms with Crippen LogP contribution in [0.2, 0.25) is 0 Å². The van der Waals surface area contributed by atoms with Crippen LogP contribution in [0.25, 0.3) is 0 Å². The summed E-state index contributed by atoms with van der Waals surface area (Å²) in [4.78, 5) is 2.59. The lowest BCUT2D eigenvalue weighted by molar-refractivity contribution is 0.154. The second-order valence-corrected chi connectivity index (χ2v) is 5.24. The molecule has 0 bridgehead atoms. The number of likely N-dealkylation sites (tertiary alicyclic amines) is 1. The van der Waals surface area contributed by atoms with Gasteiger partial charge in [-0.2, -0.15) is 0 Å². The first-order chi connectivity index (χ1) is 6.59. The van der Waals surface area contributed by atoms with Crippen LogP contribution in [-0.4, -0.2) is 30.6 Å². The Kier molecular flexibility index (Phi) is 4.90. The van der Waals surface area contributed by atoms with Crippen molar-refractivity contribution in [1.82, 2.24) is 4.90 Å². The molecule has 2 heteroatoms. The number of nitrogens with zero attached hydrogens (tertiary/aromatic N) is 1. The fourth-order valence-electron chi connectivity index (χ4n) is 2.16. The Bertz CT molecular complexity index is 154. The molecular formula is C12H26N2. The summed E-state index contributed by atoms with van der Waals surface area (Å²) in [5.41, 5.74) is 5.96. The quantitative estimate of drug-likeness (QED) is 0.749. The molecule has 0 saturated carbocycles. The largest absolute Gasteiger partial charge is 0.328 e. The average Bonchev–Trinajstić information content (AvgIpc) is 2.15. The van der Waals surface area contributed by atoms with Crippen molar-refractivity contribution in [2.75, 3.05) is 19.6 Å². The van der Waals surface area contributed by atoms with Gasteiger partial charge in [-0.25, -0.2) is 0 Å². The first kappa shape index (κ1) is 12.0. The molecule has 2 atom stereocenters. The maximum absolute atomic E-state index is 5.96. The van der Waals surface area contributed by atoms with Crippen molar-refractivity contribution in [1.29, 1.82) is 0 Å². The smallest absolute Gasteiger partial charge is 0.00509 e. The summed E-state index contributed by atoms with van der Waals surface area (Å²) in [5, 5.41) is 0. The van der Waals surface area contributed by atoms with Crippen LogP contribution in [0.3, 0.4) is 0 Å². The third-order valence-electron chi connectivity index (χ3n) is 3.31. The maximum atomic E-state index is 5.96. The molecule has 1 rings (SSSR count). The second kappa shape index (κ2) is 5.72. The molecule has 0 aliphatic carbocycles. The molecule has 2 N–H and O–H groups in total. The van der Waals surface area contributed by atoms with Crippen LogP contribution in [-0.2, 0) is 0 Å². The Morgan fingerprint density at radius 2 is 2.07 bits per heavy atom. The van der Waals surface area contributed by atoms with E-state index in [4.69, 9.17) is 5.73 Å². The van der Waals surface area contributed by atoms with Crippen LogP contribution < -0.4 is 5.73 Å². The summed E-state index contributed by atoms with van der Waals surface area (Å²) < 4.78 is 0. The van der Waals surface area contributed by atoms with E-state index >= 15 is 0 Å². The molecule has 0 aromatic heterocycles. The lowest BCUT2D eigenvalue weighted by Gasteiger charge is -2.34. The van der Waals surface area contributed by atoms with Gasteiger partial charge in [0.15, 0.2) is 0 Å². The summed E-state index contributed by atoms with van der Waals surface area (Å²) in [6, 6.07) is 0.372. The van der Waals surface area contributed by atoms with Gasteiger partial charge in [0, 0.05) is 12.6 Å². The van der Waals surface area contributed by atoms with Gasteiger partial charge in [-0.3, -0.25) is 0 Å². The molecule has 1 saturated heterocycles. The van der Waals surface area contributed by atoms with Crippen molar-refractivity contribution in [2.45, 2.75) is 46.1 Å². The molecule has 0 spiro atoms. The lowest BCUT2D eigenvalue weighted by atomic mass is 9.92. The first-order valence-electron chi connectivity index (χ1n) is 6.07. The molecule has 0 amide bonds. The molecule has 2 unspecified atom stereocenters. The molecule has 1 aliphatic heterocycles. The molecule has 84 valence electrons. The van der Waals surface area contributed by atoms with Crippen LogP contribution >= 0.6 is 0 Å². The van der Waals surface area contributed by atoms with E-state index in [1.54, 1.807) is 0 Å². The number of hydrogen-bond donors (Lipinski definition) is 1. The fraction of sp³-hybridized carbons (Fsp3) is 1.00. The van der Waals surface area contributed by atoms with Crippen LogP contribution in [0.4, 0.5) is 0 Å². The minimum atomic E-state index is 0.372. The summed E-state index contributed by atoms with van der Waals surface area (Å²) >= 11 is 0. The lowest BCUT2D eigenvalue weighted by Crippen LogP contribution is -2.42. The van der Waals surface area contributed by atoms with E-state index in [1.807, 2.05) is 0 Å². The van der Waals surface area contributed by atoms with Gasteiger partial charge < -0.3 is 10.6 Å². The van der Waals surface area contributed by atoms with Gasteiger partial charge in [-0.05, 0) is 51.1 Å². The van der Waals surface area contributed by atoms with E-state index in [1.165, 1.54) is 38.9 Å². The minimum absolute atomic E-state index is 0.372. The summed E-state index contributed by atoms with van der Waals surface area (Å²) in [6.45, 7) is 10.5. The van der Waals surface area contributed by atoms with Gasteiger partial charge >= 0.3 is 0 Å². The van der Waals surface area contributed by atoms with Crippen molar-refractivity contribution in [3.8, 4) is 0 Å². The molecule has 0 radical (unpaired) electrons. The number of piperidine rings is 1. The van der Waals surface area contributed by atoms with Gasteiger partial charge in [0.25, 0.3) is 0 Å². The zero-order valence-corrected chi connectivity index (χ0v) is 10.00. The van der Waals surface area contributed by atoms with Gasteiger partial charge in [0.05, 0.1) is 0 Å². The number of rotatable bonds is 4. The van der Waals surface area contributed by atoms with Crippen molar-refractivity contribution < 1.29 is 0 Å². The monoisotopic (exact) mass is 198 g/mol. The highest BCUT2D eigenvalue weighted by atomic mass is 15.1. The van der Waals surface area contributed by atoms with Crippen molar-refractivity contribution in [2.24, 2.45) is 17.6 Å². The molecule has 1 aliphatic rings. The van der Waals surface area contributed by atoms with E-state index < -0.39 is 0 Å². The Labute approximate surface area is 88.8 Å². The van der Waals surface area contributed by atoms with Crippen molar-refractivity contribution in [3.05, 3.63) is 0 Å². The van der Waals surface area contributed by atoms with Gasteiger partial charge in [0.2, 0.25) is 0 Å². The van der Waals surface area contributed by atoms with E-state index in [-0.39, 0.29) is 0 Å². The second-order valence-electron chi connectivity index (χ2n) is 5.24. The number of nitrogens with two attached hydrogens (primary N) is 1. The summed E-state index contributed by atoms with van der Waals surface area (Å²) in [7, 11) is 0. The minimum Gasteiger partial charge on any atom is -0.328 e. The fourth-order valence-corrected chi connectivity index (χ4v) is 2.16. The zero-order chi connectivity index (χ0) is 10.6. The topological polar surface area (TPSA) is 29.3 Å². The predicted molar refractivity (Wildman–Crippen MR) is 62.3 cm³/mol. The first-order valence-corrected chi connectivity index (χ1v) is 6.07. The molecule has 0 aromatic rings. The van der Waals surface area contributed by atoms with Crippen molar-refractivity contribution >= 4 is 0 Å². The van der Waals surface area contributed by atoms with Crippen molar-refractivity contribution in [3.63, 3.8) is 0 Å². The Hall–Kier alpha value is -0.0800. The van der Waals surface area contributed by atoms with Gasteiger partial charge in [0.1, 0.15) is 0 Å². The SMILES string of the molecule is CC(C)CCN1CCCC(C(C)N)C1. The summed E-state index contributed by atoms with van der Waals surface area (Å²) in [5.74, 6) is 1.56. The van der Waals surface area contributed by atoms with E-state index in [0.29, 0.717) is 6.04 Å². The normalized spacial score (nSPS) is 26.8. The molecule has 14 heavy (non-hydrogen) atoms. The molecule has 1 heterocycles. The van der Waals surface area contributed by atoms with Gasteiger partial charge in [-0.1, -0.05) is 13.8 Å². The zero-order valence-electron chi connectivity index (χ0n) is 10.00. The predicted octanol–water partition coefficient (Wildman–Crippen LogP) is 2.09. The highest BCUT2D eigenvalue weighted by molar-refractivity contribution is 4.78. The van der Waals surface area contributed by atoms with E-state index in [9.17, 15) is 0 Å². The molecule has 1 fully saturated rings. The third-order valence-corrected chi connectivity index (χ3v) is 3.31. The van der Waals surface area contributed by atoms with Crippen LogP contribution in [0.1, 0.15) is 40.0 Å². The van der Waals surface area contributed by atoms with E-state index in [2.05, 4.69) is 25.7 Å². The average molecular weight is 198 g/mol. The Balaban J connectivity index is 2.25. The highest BCUT2D eigenvalue weighted by Crippen LogP contribution is 2.19. The Morgan fingerprint density at radius 1 is 1.36 bits per heavy atom. The highest BCUT2D eigenvalue weighted by Gasteiger charge is 2.22. The maximum Gasteiger partial charge on any atom is 0.00509 e. The number of hydrogen-bond acceptors (Lipinski definition) is 2. The standard InChI is InChI=1S/C12H26N2/c1-10(2)6-8-14-7-4-5-12(9-14)11(3)13/h10-12H,4-9,13H2,1-3H3. The molecule has 0 aromatic carbocycles. The Morgan fingerprint density at radius 3 is 2.64 bits per heavy atom.